The molecule has 0 radical (unpaired) electrons. The van der Waals surface area contributed by atoms with Gasteiger partial charge in [0.15, 0.2) is 0 Å². The van der Waals surface area contributed by atoms with E-state index in [0.29, 0.717) is 11.3 Å². The van der Waals surface area contributed by atoms with E-state index in [0.717, 1.165) is 25.5 Å². The second kappa shape index (κ2) is 7.78. The number of hydrogen-bond donors (Lipinski definition) is 2. The third-order valence-corrected chi connectivity index (χ3v) is 5.03. The molecule has 0 bridgehead atoms. The Kier molecular flexibility index (Phi) is 5.04. The molecule has 1 aliphatic rings. The Morgan fingerprint density at radius 1 is 1.18 bits per heavy atom. The Labute approximate surface area is 168 Å². The fraction of sp³-hybridized carbons (Fsp3) is 0.227. The highest BCUT2D eigenvalue weighted by atomic mass is 16.1. The number of piperazine rings is 1. The number of nitrogens with zero attached hydrogens (tertiary/aromatic N) is 3. The van der Waals surface area contributed by atoms with Gasteiger partial charge in [0, 0.05) is 36.2 Å². The van der Waals surface area contributed by atoms with Gasteiger partial charge >= 0.3 is 0 Å². The van der Waals surface area contributed by atoms with Crippen LogP contribution in [0.3, 0.4) is 0 Å². The number of benzene rings is 1. The number of hydrogen-bond acceptors (Lipinski definition) is 6. The van der Waals surface area contributed by atoms with E-state index in [1.54, 1.807) is 24.4 Å². The smallest absolute Gasteiger partial charge is 0.215 e. The number of aromatic nitrogens is 2. The van der Waals surface area contributed by atoms with Gasteiger partial charge in [-0.25, -0.2) is 9.97 Å². The van der Waals surface area contributed by atoms with Crippen molar-refractivity contribution in [3.05, 3.63) is 83.2 Å². The molecule has 1 fully saturated rings. The molecule has 3 heterocycles. The van der Waals surface area contributed by atoms with Crippen LogP contribution in [0.5, 0.6) is 0 Å². The zero-order chi connectivity index (χ0) is 19.5. The highest BCUT2D eigenvalue weighted by Gasteiger charge is 2.23. The number of nitrogen functional groups attached to an aromatic ring is 1. The van der Waals surface area contributed by atoms with Crippen molar-refractivity contribution in [3.63, 3.8) is 0 Å². The summed E-state index contributed by atoms with van der Waals surface area (Å²) >= 11 is 0. The van der Waals surface area contributed by atoms with E-state index in [1.165, 1.54) is 11.1 Å². The van der Waals surface area contributed by atoms with E-state index >= 15 is 0 Å². The number of carbonyl (C=O) groups is 1. The van der Waals surface area contributed by atoms with Crippen LogP contribution >= 0.6 is 0 Å². The van der Waals surface area contributed by atoms with Gasteiger partial charge in [-0.1, -0.05) is 35.9 Å². The van der Waals surface area contributed by atoms with E-state index in [1.807, 2.05) is 12.1 Å². The minimum atomic E-state index is -0.210. The molecule has 0 spiro atoms. The van der Waals surface area contributed by atoms with Crippen LogP contribution in [-0.4, -0.2) is 35.4 Å². The number of anilines is 2. The van der Waals surface area contributed by atoms with Crippen molar-refractivity contribution in [1.82, 2.24) is 15.3 Å². The Hall–Kier alpha value is -3.25. The lowest BCUT2D eigenvalue weighted by Crippen LogP contribution is -2.46. The summed E-state index contributed by atoms with van der Waals surface area (Å²) in [5.41, 5.74) is 9.12. The Balaban J connectivity index is 0.00000160. The largest absolute Gasteiger partial charge is 0.383 e. The number of pyridine rings is 2. The molecule has 0 amide bonds. The second-order valence-corrected chi connectivity index (χ2v) is 7.01. The van der Waals surface area contributed by atoms with Crippen molar-refractivity contribution in [2.45, 2.75) is 13.0 Å². The lowest BCUT2D eigenvalue weighted by Gasteiger charge is -2.35. The van der Waals surface area contributed by atoms with Gasteiger partial charge in [-0.3, -0.25) is 4.79 Å². The molecule has 2 aromatic heterocycles. The van der Waals surface area contributed by atoms with Crippen molar-refractivity contribution < 1.29 is 9.07 Å². The molecule has 1 unspecified atom stereocenters. The zero-order valence-corrected chi connectivity index (χ0v) is 15.8. The first-order chi connectivity index (χ1) is 13.6. The van der Waals surface area contributed by atoms with Crippen LogP contribution in [0.4, 0.5) is 11.6 Å². The molecule has 3 aromatic rings. The molecule has 6 nitrogen and oxygen atoms in total. The van der Waals surface area contributed by atoms with Gasteiger partial charge in [0.1, 0.15) is 17.3 Å². The number of rotatable bonds is 4. The maximum absolute atomic E-state index is 12.8. The van der Waals surface area contributed by atoms with Crippen LogP contribution in [0.1, 0.15) is 37.5 Å². The number of nitrogens with two attached hydrogens (primary N) is 1. The predicted molar refractivity (Wildman–Crippen MR) is 117 cm³/mol. The minimum Gasteiger partial charge on any atom is -0.383 e. The maximum Gasteiger partial charge on any atom is 0.215 e. The SMILES string of the molecule is Cc1ccc(C2CN(c3cccc(C(=O)c4cccnc4N)n3)CCN2)cc1.[HH].[HH].[HH]. The number of ketones is 1. The molecule has 1 aromatic carbocycles. The van der Waals surface area contributed by atoms with E-state index < -0.39 is 0 Å². The van der Waals surface area contributed by atoms with Gasteiger partial charge in [-0.2, -0.15) is 0 Å². The summed E-state index contributed by atoms with van der Waals surface area (Å²) in [4.78, 5) is 23.6. The molecule has 3 N–H and O–H groups in total. The molecule has 1 aliphatic heterocycles. The van der Waals surface area contributed by atoms with Crippen LogP contribution in [0.2, 0.25) is 0 Å². The first-order valence-electron chi connectivity index (χ1n) is 9.39. The molecule has 1 saturated heterocycles. The van der Waals surface area contributed by atoms with E-state index in [-0.39, 0.29) is 21.9 Å². The standard InChI is InChI=1S/C22H23N5O.3H2/c1-15-7-9-16(10-8-15)19-14-27(13-12-24-19)20-6-2-5-18(26-20)21(28)17-4-3-11-25-22(17)23;;;/h2-11,19,24H,12-14H2,1H3,(H2,23,25);3*1H. The van der Waals surface area contributed by atoms with Gasteiger partial charge in [-0.15, -0.1) is 0 Å². The zero-order valence-electron chi connectivity index (χ0n) is 15.8. The molecular weight excluding hydrogens is 350 g/mol. The van der Waals surface area contributed by atoms with Gasteiger partial charge in [0.05, 0.1) is 5.56 Å². The molecule has 6 heteroatoms. The average Bonchev–Trinajstić information content (AvgIpc) is 2.74. The average molecular weight is 380 g/mol. The lowest BCUT2D eigenvalue weighted by molar-refractivity contribution is 0.103. The maximum atomic E-state index is 12.8. The molecule has 4 rings (SSSR count). The van der Waals surface area contributed by atoms with Crippen molar-refractivity contribution in [3.8, 4) is 0 Å². The number of carbonyl (C=O) groups excluding carboxylic acids is 1. The second-order valence-electron chi connectivity index (χ2n) is 7.01. The Morgan fingerprint density at radius 2 is 2.00 bits per heavy atom. The summed E-state index contributed by atoms with van der Waals surface area (Å²) in [7, 11) is 0. The van der Waals surface area contributed by atoms with Crippen LogP contribution < -0.4 is 16.0 Å². The van der Waals surface area contributed by atoms with Crippen LogP contribution in [0.15, 0.2) is 60.8 Å². The van der Waals surface area contributed by atoms with Crippen LogP contribution in [0, 0.1) is 6.92 Å². The van der Waals surface area contributed by atoms with E-state index in [9.17, 15) is 4.79 Å². The minimum absolute atomic E-state index is 0. The Bertz CT molecular complexity index is 1000. The summed E-state index contributed by atoms with van der Waals surface area (Å²) in [6, 6.07) is 17.7. The number of nitrogens with one attached hydrogen (secondary N) is 1. The molecule has 0 saturated carbocycles. The van der Waals surface area contributed by atoms with Crippen LogP contribution in [0.25, 0.3) is 0 Å². The summed E-state index contributed by atoms with van der Waals surface area (Å²) in [6.07, 6.45) is 1.57. The molecule has 148 valence electrons. The van der Waals surface area contributed by atoms with Gasteiger partial charge in [0.25, 0.3) is 0 Å². The topological polar surface area (TPSA) is 84.1 Å². The first-order valence-corrected chi connectivity index (χ1v) is 9.39. The lowest BCUT2D eigenvalue weighted by atomic mass is 10.0. The van der Waals surface area contributed by atoms with Crippen molar-refractivity contribution in [1.29, 1.82) is 0 Å². The highest BCUT2D eigenvalue weighted by Crippen LogP contribution is 2.23. The van der Waals surface area contributed by atoms with Crippen molar-refractivity contribution in [2.24, 2.45) is 0 Å². The van der Waals surface area contributed by atoms with Gasteiger partial charge < -0.3 is 16.0 Å². The monoisotopic (exact) mass is 379 g/mol. The first kappa shape index (κ1) is 18.1. The molecular formula is C22H29N5O. The normalized spacial score (nSPS) is 16.8. The van der Waals surface area contributed by atoms with Gasteiger partial charge in [-0.05, 0) is 36.8 Å². The van der Waals surface area contributed by atoms with Crippen molar-refractivity contribution in [2.75, 3.05) is 30.3 Å². The van der Waals surface area contributed by atoms with Crippen LogP contribution in [-0.2, 0) is 0 Å². The van der Waals surface area contributed by atoms with E-state index in [2.05, 4.69) is 51.4 Å². The predicted octanol–water partition coefficient (Wildman–Crippen LogP) is 3.49. The summed E-state index contributed by atoms with van der Waals surface area (Å²) < 4.78 is 0. The summed E-state index contributed by atoms with van der Waals surface area (Å²) in [6.45, 7) is 4.57. The summed E-state index contributed by atoms with van der Waals surface area (Å²) in [5.74, 6) is 0.811. The molecule has 0 aliphatic carbocycles. The molecule has 1 atom stereocenters. The molecule has 28 heavy (non-hydrogen) atoms. The fourth-order valence-electron chi connectivity index (χ4n) is 3.45. The Morgan fingerprint density at radius 3 is 2.79 bits per heavy atom. The van der Waals surface area contributed by atoms with Crippen molar-refractivity contribution >= 4 is 17.4 Å². The fourth-order valence-corrected chi connectivity index (χ4v) is 3.45. The summed E-state index contributed by atoms with van der Waals surface area (Å²) in [5, 5.41) is 3.56. The third-order valence-electron chi connectivity index (χ3n) is 5.03. The third kappa shape index (κ3) is 3.73. The highest BCUT2D eigenvalue weighted by molar-refractivity contribution is 6.10. The number of aryl methyl sites for hydroxylation is 1. The van der Waals surface area contributed by atoms with E-state index in [4.69, 9.17) is 5.73 Å². The van der Waals surface area contributed by atoms with Gasteiger partial charge in [0.2, 0.25) is 5.78 Å². The quantitative estimate of drug-likeness (QED) is 0.675.